The van der Waals surface area contributed by atoms with E-state index in [0.29, 0.717) is 11.6 Å². The van der Waals surface area contributed by atoms with E-state index in [1.165, 1.54) is 18.2 Å². The van der Waals surface area contributed by atoms with Crippen LogP contribution < -0.4 is 5.68 Å². The number of aromatic carboxylic acids is 1. The van der Waals surface area contributed by atoms with Crippen LogP contribution in [0.1, 0.15) is 10.4 Å². The zero-order chi connectivity index (χ0) is 16.6. The molecule has 0 saturated heterocycles. The Labute approximate surface area is 127 Å². The van der Waals surface area contributed by atoms with E-state index in [-0.39, 0.29) is 17.1 Å². The number of aromatic nitrogens is 2. The lowest BCUT2D eigenvalue weighted by Crippen LogP contribution is -2.15. The largest absolute Gasteiger partial charge is 0.478 e. The summed E-state index contributed by atoms with van der Waals surface area (Å²) in [6.45, 7) is 0. The molecule has 0 fully saturated rings. The third-order valence-corrected chi connectivity index (χ3v) is 3.07. The molecule has 3 aromatic rings. The quantitative estimate of drug-likeness (QED) is 0.776. The van der Waals surface area contributed by atoms with Crippen molar-refractivity contribution in [1.29, 1.82) is 5.41 Å². The van der Waals surface area contributed by atoms with E-state index in [2.05, 4.69) is 5.10 Å². The third-order valence-electron chi connectivity index (χ3n) is 3.07. The molecule has 1 aromatic heterocycles. The number of nitrogens with zero attached hydrogens (tertiary/aromatic N) is 2. The SMILES string of the molecule is N=c1oc(-c2cccc(C(=O)O)c2)nn1-c1ccc(F)cc1F. The average molecular weight is 317 g/mol. The fraction of sp³-hybridized carbons (Fsp3) is 0. The zero-order valence-corrected chi connectivity index (χ0v) is 11.5. The summed E-state index contributed by atoms with van der Waals surface area (Å²) >= 11 is 0. The van der Waals surface area contributed by atoms with E-state index in [1.54, 1.807) is 6.07 Å². The number of benzene rings is 2. The van der Waals surface area contributed by atoms with Crippen molar-refractivity contribution in [3.05, 3.63) is 65.3 Å². The Balaban J connectivity index is 2.10. The van der Waals surface area contributed by atoms with Crippen LogP contribution in [0.3, 0.4) is 0 Å². The van der Waals surface area contributed by atoms with Crippen LogP contribution in [0.5, 0.6) is 0 Å². The molecule has 0 unspecified atom stereocenters. The van der Waals surface area contributed by atoms with Gasteiger partial charge < -0.3 is 9.52 Å². The highest BCUT2D eigenvalue weighted by molar-refractivity contribution is 5.88. The van der Waals surface area contributed by atoms with Crippen molar-refractivity contribution in [2.24, 2.45) is 0 Å². The van der Waals surface area contributed by atoms with E-state index < -0.39 is 23.3 Å². The van der Waals surface area contributed by atoms with Gasteiger partial charge in [0.2, 0.25) is 5.89 Å². The molecule has 0 radical (unpaired) electrons. The van der Waals surface area contributed by atoms with Gasteiger partial charge in [-0.05, 0) is 30.3 Å². The molecule has 0 aliphatic heterocycles. The monoisotopic (exact) mass is 317 g/mol. The highest BCUT2D eigenvalue weighted by atomic mass is 19.1. The van der Waals surface area contributed by atoms with E-state index in [4.69, 9.17) is 14.9 Å². The summed E-state index contributed by atoms with van der Waals surface area (Å²) in [4.78, 5) is 11.0. The number of nitrogens with one attached hydrogen (secondary N) is 1. The lowest BCUT2D eigenvalue weighted by molar-refractivity contribution is 0.0697. The average Bonchev–Trinajstić information content (AvgIpc) is 2.89. The highest BCUT2D eigenvalue weighted by Gasteiger charge is 2.14. The molecule has 0 saturated carbocycles. The standard InChI is InChI=1S/C15H9F2N3O3/c16-10-4-5-12(11(17)7-10)20-15(18)23-13(19-20)8-2-1-3-9(6-8)14(21)22/h1-7,18H,(H,21,22). The Bertz CT molecular complexity index is 963. The molecule has 0 amide bonds. The van der Waals surface area contributed by atoms with Gasteiger partial charge in [-0.2, -0.15) is 4.68 Å². The Morgan fingerprint density at radius 3 is 2.70 bits per heavy atom. The second kappa shape index (κ2) is 5.48. The van der Waals surface area contributed by atoms with Crippen molar-refractivity contribution >= 4 is 5.97 Å². The van der Waals surface area contributed by atoms with Crippen molar-refractivity contribution in [2.45, 2.75) is 0 Å². The Morgan fingerprint density at radius 1 is 1.22 bits per heavy atom. The summed E-state index contributed by atoms with van der Waals surface area (Å²) in [5.41, 5.74) is -0.293. The molecular formula is C15H9F2N3O3. The molecule has 0 bridgehead atoms. The van der Waals surface area contributed by atoms with Crippen LogP contribution in [0.4, 0.5) is 8.78 Å². The predicted molar refractivity (Wildman–Crippen MR) is 74.0 cm³/mol. The smallest absolute Gasteiger partial charge is 0.335 e. The lowest BCUT2D eigenvalue weighted by atomic mass is 10.1. The number of hydrogen-bond acceptors (Lipinski definition) is 4. The van der Waals surface area contributed by atoms with Gasteiger partial charge in [0.15, 0.2) is 5.82 Å². The molecule has 0 atom stereocenters. The maximum absolute atomic E-state index is 13.8. The molecule has 23 heavy (non-hydrogen) atoms. The van der Waals surface area contributed by atoms with Crippen LogP contribution in [-0.4, -0.2) is 20.9 Å². The highest BCUT2D eigenvalue weighted by Crippen LogP contribution is 2.19. The number of carboxylic acid groups (broad SMARTS) is 1. The molecular weight excluding hydrogens is 308 g/mol. The summed E-state index contributed by atoms with van der Waals surface area (Å²) in [5.74, 6) is -2.83. The van der Waals surface area contributed by atoms with Crippen LogP contribution in [0.25, 0.3) is 17.1 Å². The molecule has 2 aromatic carbocycles. The van der Waals surface area contributed by atoms with Gasteiger partial charge in [0.25, 0.3) is 0 Å². The minimum Gasteiger partial charge on any atom is -0.478 e. The number of carbonyl (C=O) groups is 1. The Morgan fingerprint density at radius 2 is 2.00 bits per heavy atom. The van der Waals surface area contributed by atoms with E-state index in [0.717, 1.165) is 16.8 Å². The van der Waals surface area contributed by atoms with E-state index in [1.807, 2.05) is 0 Å². The van der Waals surface area contributed by atoms with Crippen molar-refractivity contribution in [3.8, 4) is 17.1 Å². The van der Waals surface area contributed by atoms with Crippen LogP contribution in [0.2, 0.25) is 0 Å². The molecule has 3 rings (SSSR count). The molecule has 2 N–H and O–H groups in total. The molecule has 1 heterocycles. The molecule has 0 aliphatic rings. The lowest BCUT2D eigenvalue weighted by Gasteiger charge is -2.01. The Hall–Kier alpha value is -3.29. The fourth-order valence-electron chi connectivity index (χ4n) is 2.01. The fourth-order valence-corrected chi connectivity index (χ4v) is 2.01. The van der Waals surface area contributed by atoms with E-state index in [9.17, 15) is 13.6 Å². The third kappa shape index (κ3) is 2.73. The normalized spacial score (nSPS) is 10.7. The van der Waals surface area contributed by atoms with Gasteiger partial charge in [0.1, 0.15) is 11.5 Å². The van der Waals surface area contributed by atoms with Crippen LogP contribution in [0.15, 0.2) is 46.9 Å². The van der Waals surface area contributed by atoms with Crippen LogP contribution in [0, 0.1) is 17.0 Å². The molecule has 6 nitrogen and oxygen atoms in total. The number of halogens is 2. The molecule has 0 spiro atoms. The maximum Gasteiger partial charge on any atom is 0.335 e. The first-order valence-corrected chi connectivity index (χ1v) is 6.39. The van der Waals surface area contributed by atoms with Gasteiger partial charge in [-0.1, -0.05) is 6.07 Å². The van der Waals surface area contributed by atoms with Crippen LogP contribution >= 0.6 is 0 Å². The number of hydrogen-bond donors (Lipinski definition) is 2. The van der Waals surface area contributed by atoms with Gasteiger partial charge in [-0.25, -0.2) is 19.0 Å². The summed E-state index contributed by atoms with van der Waals surface area (Å²) in [5, 5.41) is 20.7. The van der Waals surface area contributed by atoms with Gasteiger partial charge >= 0.3 is 11.7 Å². The zero-order valence-electron chi connectivity index (χ0n) is 11.5. The van der Waals surface area contributed by atoms with Crippen molar-refractivity contribution < 1.29 is 23.1 Å². The first-order valence-electron chi connectivity index (χ1n) is 6.39. The summed E-state index contributed by atoms with van der Waals surface area (Å²) in [7, 11) is 0. The first kappa shape index (κ1) is 14.6. The van der Waals surface area contributed by atoms with E-state index >= 15 is 0 Å². The van der Waals surface area contributed by atoms with Crippen molar-refractivity contribution in [3.63, 3.8) is 0 Å². The maximum atomic E-state index is 13.8. The van der Waals surface area contributed by atoms with Gasteiger partial charge in [0, 0.05) is 11.6 Å². The topological polar surface area (TPSA) is 92.1 Å². The van der Waals surface area contributed by atoms with Crippen LogP contribution in [-0.2, 0) is 0 Å². The summed E-state index contributed by atoms with van der Waals surface area (Å²) in [6.07, 6.45) is 0. The number of rotatable bonds is 3. The predicted octanol–water partition coefficient (Wildman–Crippen LogP) is 2.59. The summed E-state index contributed by atoms with van der Waals surface area (Å²) < 4.78 is 32.8. The van der Waals surface area contributed by atoms with Crippen molar-refractivity contribution in [1.82, 2.24) is 9.78 Å². The second-order valence-electron chi connectivity index (χ2n) is 4.61. The Kier molecular flexibility index (Phi) is 3.49. The summed E-state index contributed by atoms with van der Waals surface area (Å²) in [6, 6.07) is 8.58. The minimum atomic E-state index is -1.12. The van der Waals surface area contributed by atoms with Gasteiger partial charge in [0.05, 0.1) is 5.56 Å². The molecule has 8 heteroatoms. The van der Waals surface area contributed by atoms with Crippen molar-refractivity contribution in [2.75, 3.05) is 0 Å². The molecule has 0 aliphatic carbocycles. The minimum absolute atomic E-state index is 0.0201. The number of carboxylic acids is 1. The second-order valence-corrected chi connectivity index (χ2v) is 4.61. The molecule has 116 valence electrons. The van der Waals surface area contributed by atoms with Gasteiger partial charge in [-0.15, -0.1) is 5.10 Å². The first-order chi connectivity index (χ1) is 11.0. The van der Waals surface area contributed by atoms with Gasteiger partial charge in [-0.3, -0.25) is 0 Å².